The fourth-order valence-corrected chi connectivity index (χ4v) is 5.08. The van der Waals surface area contributed by atoms with E-state index in [1.54, 1.807) is 50.2 Å². The molecule has 1 aliphatic rings. The van der Waals surface area contributed by atoms with Gasteiger partial charge in [0.2, 0.25) is 0 Å². The summed E-state index contributed by atoms with van der Waals surface area (Å²) in [4.78, 5) is 44.9. The van der Waals surface area contributed by atoms with Crippen LogP contribution in [0.3, 0.4) is 0 Å². The highest BCUT2D eigenvalue weighted by Gasteiger charge is 2.48. The lowest BCUT2D eigenvalue weighted by atomic mass is 9.95. The molecule has 10 heteroatoms. The van der Waals surface area contributed by atoms with Gasteiger partial charge in [-0.15, -0.1) is 0 Å². The molecule has 1 saturated heterocycles. The van der Waals surface area contributed by atoms with Crippen LogP contribution in [0.2, 0.25) is 0 Å². The first-order chi connectivity index (χ1) is 18.3. The van der Waals surface area contributed by atoms with Gasteiger partial charge in [-0.25, -0.2) is 9.78 Å². The number of thiazole rings is 1. The minimum absolute atomic E-state index is 0.00248. The number of carbonyl (C=O) groups is 3. The number of benzene rings is 2. The first-order valence-electron chi connectivity index (χ1n) is 12.2. The maximum atomic E-state index is 13.4. The van der Waals surface area contributed by atoms with Gasteiger partial charge in [0.1, 0.15) is 22.1 Å². The highest BCUT2D eigenvalue weighted by atomic mass is 32.1. The number of aliphatic hydroxyl groups excluding tert-OH is 1. The molecule has 2 N–H and O–H groups in total. The molecule has 4 rings (SSSR count). The second kappa shape index (κ2) is 11.5. The van der Waals surface area contributed by atoms with Crippen LogP contribution < -0.4 is 9.64 Å². The van der Waals surface area contributed by atoms with Gasteiger partial charge in [-0.1, -0.05) is 48.9 Å². The summed E-state index contributed by atoms with van der Waals surface area (Å²) in [5, 5.41) is 21.3. The summed E-state index contributed by atoms with van der Waals surface area (Å²) in [5.41, 5.74) is 0.983. The number of Topliss-reactive ketones (excluding diaryl/α,β-unsaturated/α-hetero) is 1. The van der Waals surface area contributed by atoms with Gasteiger partial charge < -0.3 is 19.7 Å². The summed E-state index contributed by atoms with van der Waals surface area (Å²) in [6.07, 6.45) is 1.83. The molecule has 0 spiro atoms. The first kappa shape index (κ1) is 26.9. The molecule has 0 saturated carbocycles. The molecule has 1 atom stereocenters. The number of carbonyl (C=O) groups excluding carboxylic acids is 3. The number of anilines is 1. The molecular weight excluding hydrogens is 508 g/mol. The number of aryl methyl sites for hydroxylation is 1. The topological polar surface area (TPSA) is 126 Å². The summed E-state index contributed by atoms with van der Waals surface area (Å²) < 4.78 is 10.8. The van der Waals surface area contributed by atoms with E-state index in [2.05, 4.69) is 4.98 Å². The summed E-state index contributed by atoms with van der Waals surface area (Å²) in [6.45, 7) is 6.02. The molecule has 1 fully saturated rings. The number of aromatic hydroxyl groups is 1. The highest BCUT2D eigenvalue weighted by molar-refractivity contribution is 7.17. The molecule has 2 heterocycles. The molecule has 0 radical (unpaired) electrons. The van der Waals surface area contributed by atoms with E-state index in [0.717, 1.165) is 24.2 Å². The molecule has 0 bridgehead atoms. The zero-order chi connectivity index (χ0) is 27.4. The number of ketones is 1. The molecule has 0 aliphatic carbocycles. The van der Waals surface area contributed by atoms with Crippen LogP contribution >= 0.6 is 11.3 Å². The summed E-state index contributed by atoms with van der Waals surface area (Å²) >= 11 is 0.929. The van der Waals surface area contributed by atoms with E-state index in [9.17, 15) is 24.6 Å². The van der Waals surface area contributed by atoms with Crippen LogP contribution in [0, 0.1) is 6.92 Å². The second-order valence-electron chi connectivity index (χ2n) is 8.62. The summed E-state index contributed by atoms with van der Waals surface area (Å²) in [5.74, 6) is -2.23. The van der Waals surface area contributed by atoms with E-state index in [1.165, 1.54) is 17.0 Å². The van der Waals surface area contributed by atoms with Crippen molar-refractivity contribution in [3.63, 3.8) is 0 Å². The molecule has 2 aromatic carbocycles. The van der Waals surface area contributed by atoms with E-state index in [1.807, 2.05) is 6.92 Å². The van der Waals surface area contributed by atoms with E-state index in [-0.39, 0.29) is 33.7 Å². The number of phenols is 1. The SMILES string of the molecule is CCCCOc1cccc(C(O)=C2C(=O)C(=O)N(c3nc(C)c(C(=O)OCC)s3)C2c2ccc(O)cc2)c1. The number of aromatic nitrogens is 1. The Labute approximate surface area is 224 Å². The highest BCUT2D eigenvalue weighted by Crippen LogP contribution is 2.44. The molecule has 1 unspecified atom stereocenters. The van der Waals surface area contributed by atoms with Gasteiger partial charge >= 0.3 is 11.9 Å². The Bertz CT molecular complexity index is 1390. The molecule has 38 heavy (non-hydrogen) atoms. The molecule has 1 aliphatic heterocycles. The van der Waals surface area contributed by atoms with Gasteiger partial charge in [-0.2, -0.15) is 0 Å². The number of nitrogens with zero attached hydrogens (tertiary/aromatic N) is 2. The van der Waals surface area contributed by atoms with Crippen molar-refractivity contribution in [1.82, 2.24) is 4.98 Å². The minimum Gasteiger partial charge on any atom is -0.508 e. The number of hydrogen-bond acceptors (Lipinski definition) is 9. The maximum Gasteiger partial charge on any atom is 0.350 e. The van der Waals surface area contributed by atoms with E-state index in [4.69, 9.17) is 9.47 Å². The van der Waals surface area contributed by atoms with Crippen LogP contribution in [0.15, 0.2) is 54.1 Å². The van der Waals surface area contributed by atoms with Crippen LogP contribution in [0.5, 0.6) is 11.5 Å². The average Bonchev–Trinajstić information content (AvgIpc) is 3.41. The lowest BCUT2D eigenvalue weighted by molar-refractivity contribution is -0.132. The number of ether oxygens (including phenoxy) is 2. The number of phenolic OH excluding ortho intramolecular Hbond substituents is 1. The van der Waals surface area contributed by atoms with Crippen molar-refractivity contribution in [1.29, 1.82) is 0 Å². The Balaban J connectivity index is 1.84. The fraction of sp³-hybridized carbons (Fsp3) is 0.286. The van der Waals surface area contributed by atoms with Gasteiger partial charge in [0.25, 0.3) is 5.78 Å². The van der Waals surface area contributed by atoms with Crippen molar-refractivity contribution in [3.8, 4) is 11.5 Å². The lowest BCUT2D eigenvalue weighted by Gasteiger charge is -2.23. The van der Waals surface area contributed by atoms with Crippen LogP contribution in [-0.4, -0.2) is 46.1 Å². The van der Waals surface area contributed by atoms with Gasteiger partial charge in [-0.3, -0.25) is 14.5 Å². The molecule has 1 amide bonds. The van der Waals surface area contributed by atoms with Crippen LogP contribution in [0.25, 0.3) is 5.76 Å². The predicted octanol–water partition coefficient (Wildman–Crippen LogP) is 5.14. The second-order valence-corrected chi connectivity index (χ2v) is 9.60. The van der Waals surface area contributed by atoms with E-state index in [0.29, 0.717) is 29.2 Å². The Morgan fingerprint density at radius 2 is 1.87 bits per heavy atom. The van der Waals surface area contributed by atoms with E-state index >= 15 is 0 Å². The Kier molecular flexibility index (Phi) is 8.11. The Hall–Kier alpha value is -4.18. The van der Waals surface area contributed by atoms with Crippen molar-refractivity contribution in [2.24, 2.45) is 0 Å². The first-order valence-corrected chi connectivity index (χ1v) is 13.1. The Morgan fingerprint density at radius 3 is 2.55 bits per heavy atom. The number of unbranched alkanes of at least 4 members (excludes halogenated alkanes) is 1. The number of aliphatic hydroxyl groups is 1. The van der Waals surface area contributed by atoms with Crippen molar-refractivity contribution in [2.45, 2.75) is 39.7 Å². The van der Waals surface area contributed by atoms with Crippen molar-refractivity contribution >= 4 is 39.9 Å². The minimum atomic E-state index is -1.05. The van der Waals surface area contributed by atoms with Crippen LogP contribution in [-0.2, 0) is 14.3 Å². The summed E-state index contributed by atoms with van der Waals surface area (Å²) in [6, 6.07) is 11.6. The average molecular weight is 537 g/mol. The third-order valence-electron chi connectivity index (χ3n) is 5.98. The number of esters is 1. The van der Waals surface area contributed by atoms with Crippen LogP contribution in [0.1, 0.15) is 59.2 Å². The standard InChI is InChI=1S/C28H28N2O7S/c1-4-6-14-37-20-9-7-8-18(15-20)23(32)21-22(17-10-12-19(31)13-11-17)30(26(34)24(21)33)28-29-16(3)25(38-28)27(35)36-5-2/h7-13,15,22,31-32H,4-6,14H2,1-3H3. The molecule has 3 aromatic rings. The number of rotatable bonds is 9. The lowest BCUT2D eigenvalue weighted by Crippen LogP contribution is -2.29. The van der Waals surface area contributed by atoms with Crippen molar-refractivity contribution in [3.05, 3.63) is 75.8 Å². The molecule has 1 aromatic heterocycles. The normalized spacial score (nSPS) is 16.6. The smallest absolute Gasteiger partial charge is 0.350 e. The van der Waals surface area contributed by atoms with Gasteiger partial charge in [0.05, 0.1) is 30.5 Å². The van der Waals surface area contributed by atoms with Crippen molar-refractivity contribution in [2.75, 3.05) is 18.1 Å². The van der Waals surface area contributed by atoms with Crippen molar-refractivity contribution < 1.29 is 34.1 Å². The third-order valence-corrected chi connectivity index (χ3v) is 7.12. The quantitative estimate of drug-likeness (QED) is 0.127. The number of amides is 1. The van der Waals surface area contributed by atoms with Crippen LogP contribution in [0.4, 0.5) is 5.13 Å². The Morgan fingerprint density at radius 1 is 1.13 bits per heavy atom. The largest absolute Gasteiger partial charge is 0.508 e. The van der Waals surface area contributed by atoms with E-state index < -0.39 is 23.7 Å². The monoisotopic (exact) mass is 536 g/mol. The van der Waals surface area contributed by atoms with Gasteiger partial charge in [0.15, 0.2) is 5.13 Å². The zero-order valence-electron chi connectivity index (χ0n) is 21.3. The fourth-order valence-electron chi connectivity index (χ4n) is 4.10. The predicted molar refractivity (Wildman–Crippen MR) is 143 cm³/mol. The van der Waals surface area contributed by atoms with Gasteiger partial charge in [-0.05, 0) is 50.1 Å². The maximum absolute atomic E-state index is 13.4. The molecular formula is C28H28N2O7S. The molecule has 9 nitrogen and oxygen atoms in total. The summed E-state index contributed by atoms with van der Waals surface area (Å²) in [7, 11) is 0. The van der Waals surface area contributed by atoms with Gasteiger partial charge in [0, 0.05) is 5.56 Å². The third kappa shape index (κ3) is 5.26. The molecule has 198 valence electrons. The number of hydrogen-bond donors (Lipinski definition) is 2. The zero-order valence-corrected chi connectivity index (χ0v) is 22.1.